The van der Waals surface area contributed by atoms with Gasteiger partial charge in [-0.1, -0.05) is 54.1 Å². The van der Waals surface area contributed by atoms with Gasteiger partial charge in [-0.05, 0) is 115 Å². The molecule has 5 rings (SSSR count). The van der Waals surface area contributed by atoms with Crippen LogP contribution in [0.3, 0.4) is 0 Å². The van der Waals surface area contributed by atoms with Crippen LogP contribution < -0.4 is 20.1 Å². The number of carbonyl (C=O) groups excluding carboxylic acids is 3. The molecule has 1 aliphatic rings. The van der Waals surface area contributed by atoms with Crippen molar-refractivity contribution in [2.45, 2.75) is 66.1 Å². The number of rotatable bonds is 9. The van der Waals surface area contributed by atoms with E-state index in [4.69, 9.17) is 9.47 Å². The maximum absolute atomic E-state index is 14.4. The molecule has 0 heterocycles. The number of methoxy groups -OCH3 is 1. The van der Waals surface area contributed by atoms with Gasteiger partial charge < -0.3 is 25.2 Å². The average molecular weight is 728 g/mol. The molecule has 1 fully saturated rings. The van der Waals surface area contributed by atoms with Crippen LogP contribution in [0.4, 0.5) is 11.4 Å². The lowest BCUT2D eigenvalue weighted by molar-refractivity contribution is -0.150. The Morgan fingerprint density at radius 1 is 0.878 bits per heavy atom. The van der Waals surface area contributed by atoms with Crippen LogP contribution in [0.1, 0.15) is 58.2 Å². The number of ether oxygens (including phenoxy) is 2. The standard InChI is InChI=1S/C40H43BrN2O6/c1-22-11-8-14-27(17-22)21-49-37-29(41)18-28(19-33(37)48-7)34-35(38(45)42-30-15-9-12-23(2)25(30)4)32(44)20-40(6,47)36(34)39(46)43-31-16-10-13-24(3)26(31)5/h8-19,34-36,47H,20-21H2,1-7H3,(H,42,45)(H,43,46). The molecule has 0 aromatic heterocycles. The van der Waals surface area contributed by atoms with Crippen molar-refractivity contribution < 1.29 is 29.0 Å². The van der Waals surface area contributed by atoms with Crippen molar-refractivity contribution in [2.75, 3.05) is 17.7 Å². The molecule has 49 heavy (non-hydrogen) atoms. The molecule has 4 atom stereocenters. The van der Waals surface area contributed by atoms with Gasteiger partial charge >= 0.3 is 0 Å². The Kier molecular flexibility index (Phi) is 10.6. The van der Waals surface area contributed by atoms with Gasteiger partial charge in [0.25, 0.3) is 0 Å². The van der Waals surface area contributed by atoms with Crippen LogP contribution in [-0.4, -0.2) is 35.4 Å². The Morgan fingerprint density at radius 3 is 2.06 bits per heavy atom. The number of aryl methyl sites for hydroxylation is 3. The Hall–Kier alpha value is -4.47. The van der Waals surface area contributed by atoms with Crippen LogP contribution in [0.2, 0.25) is 0 Å². The van der Waals surface area contributed by atoms with Crippen molar-refractivity contribution in [3.05, 3.63) is 116 Å². The van der Waals surface area contributed by atoms with Crippen LogP contribution in [0.15, 0.2) is 77.3 Å². The normalized spacial score (nSPS) is 20.4. The second-order valence-electron chi connectivity index (χ2n) is 13.3. The van der Waals surface area contributed by atoms with E-state index in [1.807, 2.05) is 83.1 Å². The van der Waals surface area contributed by atoms with Gasteiger partial charge in [0.1, 0.15) is 18.3 Å². The Labute approximate surface area is 296 Å². The van der Waals surface area contributed by atoms with E-state index in [-0.39, 0.29) is 13.0 Å². The molecule has 4 aromatic carbocycles. The quantitative estimate of drug-likeness (QED) is 0.151. The van der Waals surface area contributed by atoms with Gasteiger partial charge in [0, 0.05) is 23.7 Å². The molecule has 0 aliphatic heterocycles. The van der Waals surface area contributed by atoms with Gasteiger partial charge in [-0.25, -0.2) is 0 Å². The third-order valence-electron chi connectivity index (χ3n) is 9.66. The molecule has 0 saturated heterocycles. The number of halogens is 1. The first-order valence-corrected chi connectivity index (χ1v) is 17.1. The zero-order chi connectivity index (χ0) is 35.6. The molecule has 2 amide bonds. The monoisotopic (exact) mass is 726 g/mol. The summed E-state index contributed by atoms with van der Waals surface area (Å²) in [6.07, 6.45) is -0.380. The summed E-state index contributed by atoms with van der Waals surface area (Å²) < 4.78 is 12.5. The minimum absolute atomic E-state index is 0.272. The topological polar surface area (TPSA) is 114 Å². The van der Waals surface area contributed by atoms with E-state index in [0.717, 1.165) is 33.4 Å². The number of hydrogen-bond acceptors (Lipinski definition) is 6. The van der Waals surface area contributed by atoms with Gasteiger partial charge in [-0.3, -0.25) is 14.4 Å². The molecule has 1 saturated carbocycles. The molecule has 1 aliphatic carbocycles. The Bertz CT molecular complexity index is 1920. The number of amides is 2. The second-order valence-corrected chi connectivity index (χ2v) is 14.1. The zero-order valence-electron chi connectivity index (χ0n) is 28.9. The second kappa shape index (κ2) is 14.6. The van der Waals surface area contributed by atoms with E-state index in [9.17, 15) is 19.5 Å². The summed E-state index contributed by atoms with van der Waals surface area (Å²) in [7, 11) is 1.50. The summed E-state index contributed by atoms with van der Waals surface area (Å²) in [4.78, 5) is 42.6. The summed E-state index contributed by atoms with van der Waals surface area (Å²) in [5.74, 6) is -4.33. The fraction of sp³-hybridized carbons (Fsp3) is 0.325. The average Bonchev–Trinajstić information content (AvgIpc) is 3.03. The molecule has 9 heteroatoms. The highest BCUT2D eigenvalue weighted by Crippen LogP contribution is 2.49. The number of benzene rings is 4. The van der Waals surface area contributed by atoms with Crippen molar-refractivity contribution >= 4 is 44.9 Å². The van der Waals surface area contributed by atoms with Gasteiger partial charge in [0.2, 0.25) is 11.8 Å². The fourth-order valence-corrected chi connectivity index (χ4v) is 7.29. The number of nitrogens with one attached hydrogen (secondary N) is 2. The number of ketones is 1. The van der Waals surface area contributed by atoms with Gasteiger partial charge in [0.05, 0.1) is 23.1 Å². The van der Waals surface area contributed by atoms with Gasteiger partial charge in [-0.2, -0.15) is 0 Å². The SMILES string of the molecule is COc1cc(C2C(C(=O)Nc3cccc(C)c3C)C(=O)CC(C)(O)C2C(=O)Nc2cccc(C)c2C)cc(Br)c1OCc1cccc(C)c1. The summed E-state index contributed by atoms with van der Waals surface area (Å²) in [6.45, 7) is 11.5. The highest BCUT2D eigenvalue weighted by Gasteiger charge is 2.56. The van der Waals surface area contributed by atoms with Crippen molar-refractivity contribution in [1.29, 1.82) is 0 Å². The minimum atomic E-state index is -1.78. The van der Waals surface area contributed by atoms with Crippen molar-refractivity contribution in [2.24, 2.45) is 11.8 Å². The molecule has 0 radical (unpaired) electrons. The van der Waals surface area contributed by atoms with Gasteiger partial charge in [-0.15, -0.1) is 0 Å². The van der Waals surface area contributed by atoms with E-state index < -0.39 is 41.0 Å². The number of aliphatic hydroxyl groups is 1. The molecule has 4 aromatic rings. The molecule has 8 nitrogen and oxygen atoms in total. The van der Waals surface area contributed by atoms with Crippen LogP contribution in [-0.2, 0) is 21.0 Å². The molecular formula is C40H43BrN2O6. The van der Waals surface area contributed by atoms with E-state index in [1.54, 1.807) is 24.3 Å². The molecule has 0 spiro atoms. The fourth-order valence-electron chi connectivity index (χ4n) is 6.72. The summed E-state index contributed by atoms with van der Waals surface area (Å²) >= 11 is 3.64. The Balaban J connectivity index is 1.61. The van der Waals surface area contributed by atoms with Crippen molar-refractivity contribution in [3.8, 4) is 11.5 Å². The lowest BCUT2D eigenvalue weighted by atomic mass is 9.61. The van der Waals surface area contributed by atoms with Crippen LogP contribution in [0.5, 0.6) is 11.5 Å². The minimum Gasteiger partial charge on any atom is -0.493 e. The van der Waals surface area contributed by atoms with E-state index in [0.29, 0.717) is 32.9 Å². The molecule has 256 valence electrons. The van der Waals surface area contributed by atoms with E-state index in [1.165, 1.54) is 14.0 Å². The molecule has 0 bridgehead atoms. The molecular weight excluding hydrogens is 684 g/mol. The Morgan fingerprint density at radius 2 is 1.47 bits per heavy atom. The summed E-state index contributed by atoms with van der Waals surface area (Å²) in [5, 5.41) is 17.8. The smallest absolute Gasteiger partial charge is 0.235 e. The van der Waals surface area contributed by atoms with Gasteiger partial charge in [0.15, 0.2) is 11.5 Å². The largest absolute Gasteiger partial charge is 0.493 e. The highest BCUT2D eigenvalue weighted by molar-refractivity contribution is 9.10. The van der Waals surface area contributed by atoms with Crippen LogP contribution in [0.25, 0.3) is 0 Å². The number of carbonyl (C=O) groups is 3. The summed E-state index contributed by atoms with van der Waals surface area (Å²) in [5.41, 5.74) is 5.63. The third-order valence-corrected chi connectivity index (χ3v) is 10.2. The predicted molar refractivity (Wildman–Crippen MR) is 195 cm³/mol. The number of anilines is 2. The van der Waals surface area contributed by atoms with Crippen LogP contribution in [0, 0.1) is 46.5 Å². The van der Waals surface area contributed by atoms with E-state index in [2.05, 4.69) is 26.6 Å². The molecule has 4 unspecified atom stereocenters. The first-order chi connectivity index (χ1) is 23.2. The number of hydrogen-bond donors (Lipinski definition) is 3. The highest BCUT2D eigenvalue weighted by atomic mass is 79.9. The first kappa shape index (κ1) is 35.8. The molecule has 3 N–H and O–H groups in total. The van der Waals surface area contributed by atoms with Crippen molar-refractivity contribution in [3.63, 3.8) is 0 Å². The zero-order valence-corrected chi connectivity index (χ0v) is 30.5. The third kappa shape index (κ3) is 7.58. The first-order valence-electron chi connectivity index (χ1n) is 16.3. The maximum Gasteiger partial charge on any atom is 0.235 e. The van der Waals surface area contributed by atoms with E-state index >= 15 is 0 Å². The lowest BCUT2D eigenvalue weighted by Gasteiger charge is -2.44. The maximum atomic E-state index is 14.4. The predicted octanol–water partition coefficient (Wildman–Crippen LogP) is 7.90. The van der Waals surface area contributed by atoms with Crippen LogP contribution >= 0.6 is 15.9 Å². The lowest BCUT2D eigenvalue weighted by Crippen LogP contribution is -2.56. The van der Waals surface area contributed by atoms with Crippen molar-refractivity contribution in [1.82, 2.24) is 0 Å². The summed E-state index contributed by atoms with van der Waals surface area (Å²) in [6, 6.07) is 22.5. The number of Topliss-reactive ketones (excluding diaryl/α,β-unsaturated/α-hetero) is 1.